The van der Waals surface area contributed by atoms with Crippen LogP contribution in [0.15, 0.2) is 24.4 Å². The minimum Gasteiger partial charge on any atom is -0.477 e. The molecule has 5 heteroatoms. The first-order valence-corrected chi connectivity index (χ1v) is 7.67. The lowest BCUT2D eigenvalue weighted by Crippen LogP contribution is -2.15. The maximum atomic E-state index is 11.3. The molecular formula is C14H16N2O2S. The number of thioether (sulfide) groups is 1. The fourth-order valence-electron chi connectivity index (χ4n) is 2.63. The van der Waals surface area contributed by atoms with E-state index in [-0.39, 0.29) is 0 Å². The first-order valence-electron chi connectivity index (χ1n) is 6.52. The second-order valence-electron chi connectivity index (χ2n) is 4.91. The summed E-state index contributed by atoms with van der Waals surface area (Å²) in [6, 6.07) is 5.30. The van der Waals surface area contributed by atoms with Crippen molar-refractivity contribution in [3.05, 3.63) is 35.9 Å². The number of nitrogens with zero attached hydrogens (tertiary/aromatic N) is 2. The van der Waals surface area contributed by atoms with Crippen LogP contribution < -0.4 is 0 Å². The lowest BCUT2D eigenvalue weighted by atomic mass is 9.98. The van der Waals surface area contributed by atoms with Gasteiger partial charge in [0.05, 0.1) is 11.7 Å². The van der Waals surface area contributed by atoms with E-state index in [1.165, 1.54) is 24.3 Å². The maximum absolute atomic E-state index is 11.3. The molecule has 100 valence electrons. The number of aromatic carboxylic acids is 1. The molecule has 0 saturated carbocycles. The normalized spacial score (nSPS) is 16.8. The van der Waals surface area contributed by atoms with E-state index in [1.807, 2.05) is 17.8 Å². The van der Waals surface area contributed by atoms with Gasteiger partial charge in [0.2, 0.25) is 0 Å². The fraction of sp³-hybridized carbons (Fsp3) is 0.429. The van der Waals surface area contributed by atoms with Crippen molar-refractivity contribution in [2.75, 3.05) is 11.5 Å². The van der Waals surface area contributed by atoms with E-state index in [1.54, 1.807) is 22.7 Å². The second-order valence-corrected chi connectivity index (χ2v) is 6.14. The number of pyridine rings is 1. The standard InChI is InChI=1S/C14H16N2O2S/c17-14(18)12-3-1-2-11-9-15-13(16(11)12)8-10-4-6-19-7-5-10/h1-3,9-10H,4-8H2,(H,17,18). The molecule has 1 fully saturated rings. The van der Waals surface area contributed by atoms with E-state index < -0.39 is 5.97 Å². The first kappa shape index (κ1) is 12.5. The number of carboxylic acid groups (broad SMARTS) is 1. The molecule has 1 aliphatic heterocycles. The van der Waals surface area contributed by atoms with Gasteiger partial charge >= 0.3 is 5.97 Å². The Labute approximate surface area is 115 Å². The van der Waals surface area contributed by atoms with Gasteiger partial charge < -0.3 is 5.11 Å². The number of fused-ring (bicyclic) bond motifs is 1. The van der Waals surface area contributed by atoms with E-state index in [2.05, 4.69) is 4.98 Å². The molecule has 3 heterocycles. The van der Waals surface area contributed by atoms with Gasteiger partial charge in [-0.2, -0.15) is 11.8 Å². The van der Waals surface area contributed by atoms with Crippen molar-refractivity contribution in [2.45, 2.75) is 19.3 Å². The van der Waals surface area contributed by atoms with Gasteiger partial charge in [0.25, 0.3) is 0 Å². The summed E-state index contributed by atoms with van der Waals surface area (Å²) >= 11 is 2.00. The topological polar surface area (TPSA) is 54.6 Å². The zero-order valence-corrected chi connectivity index (χ0v) is 11.4. The highest BCUT2D eigenvalue weighted by Crippen LogP contribution is 2.26. The third-order valence-electron chi connectivity index (χ3n) is 3.66. The van der Waals surface area contributed by atoms with Gasteiger partial charge in [0.1, 0.15) is 11.5 Å². The Morgan fingerprint density at radius 1 is 1.42 bits per heavy atom. The molecule has 0 amide bonds. The van der Waals surface area contributed by atoms with Crippen molar-refractivity contribution >= 4 is 23.2 Å². The van der Waals surface area contributed by atoms with Crippen LogP contribution in [0.4, 0.5) is 0 Å². The Bertz CT molecular complexity index is 603. The van der Waals surface area contributed by atoms with Crippen molar-refractivity contribution in [1.82, 2.24) is 9.38 Å². The summed E-state index contributed by atoms with van der Waals surface area (Å²) in [6.07, 6.45) is 5.04. The number of hydrogen-bond donors (Lipinski definition) is 1. The summed E-state index contributed by atoms with van der Waals surface area (Å²) in [7, 11) is 0. The zero-order chi connectivity index (χ0) is 13.2. The summed E-state index contributed by atoms with van der Waals surface area (Å²) in [5.41, 5.74) is 1.16. The van der Waals surface area contributed by atoms with Crippen LogP contribution in [0.5, 0.6) is 0 Å². The Hall–Kier alpha value is -1.49. The highest BCUT2D eigenvalue weighted by atomic mass is 32.2. The maximum Gasteiger partial charge on any atom is 0.352 e. The molecule has 0 atom stereocenters. The molecule has 0 aromatic carbocycles. The van der Waals surface area contributed by atoms with Crippen LogP contribution in [0, 0.1) is 5.92 Å². The summed E-state index contributed by atoms with van der Waals surface area (Å²) in [5.74, 6) is 3.03. The summed E-state index contributed by atoms with van der Waals surface area (Å²) in [4.78, 5) is 15.7. The molecule has 2 aromatic rings. The van der Waals surface area contributed by atoms with Crippen LogP contribution in [0.3, 0.4) is 0 Å². The van der Waals surface area contributed by atoms with Crippen LogP contribution in [0.25, 0.3) is 5.52 Å². The quantitative estimate of drug-likeness (QED) is 0.936. The van der Waals surface area contributed by atoms with Crippen LogP contribution in [0.2, 0.25) is 0 Å². The zero-order valence-electron chi connectivity index (χ0n) is 10.6. The number of aromatic nitrogens is 2. The van der Waals surface area contributed by atoms with Gasteiger partial charge in [-0.3, -0.25) is 4.40 Å². The smallest absolute Gasteiger partial charge is 0.352 e. The van der Waals surface area contributed by atoms with Gasteiger partial charge in [-0.15, -0.1) is 0 Å². The molecule has 0 bridgehead atoms. The monoisotopic (exact) mass is 276 g/mol. The predicted molar refractivity (Wildman–Crippen MR) is 75.9 cm³/mol. The molecular weight excluding hydrogens is 260 g/mol. The predicted octanol–water partition coefficient (Wildman–Crippen LogP) is 2.72. The highest BCUT2D eigenvalue weighted by Gasteiger charge is 2.19. The molecule has 19 heavy (non-hydrogen) atoms. The third-order valence-corrected chi connectivity index (χ3v) is 4.70. The van der Waals surface area contributed by atoms with Crippen molar-refractivity contribution in [1.29, 1.82) is 0 Å². The first-order chi connectivity index (χ1) is 9.25. The third kappa shape index (κ3) is 2.47. The molecule has 0 unspecified atom stereocenters. The Balaban J connectivity index is 1.96. The van der Waals surface area contributed by atoms with Crippen molar-refractivity contribution < 1.29 is 9.90 Å². The number of carbonyl (C=O) groups is 1. The Morgan fingerprint density at radius 2 is 2.21 bits per heavy atom. The lowest BCUT2D eigenvalue weighted by Gasteiger charge is -2.20. The minimum atomic E-state index is -0.899. The summed E-state index contributed by atoms with van der Waals surface area (Å²) in [5, 5.41) is 9.28. The van der Waals surface area contributed by atoms with E-state index in [0.717, 1.165) is 17.8 Å². The highest BCUT2D eigenvalue weighted by molar-refractivity contribution is 7.99. The van der Waals surface area contributed by atoms with Gasteiger partial charge in [-0.25, -0.2) is 9.78 Å². The minimum absolute atomic E-state index is 0.301. The molecule has 0 spiro atoms. The number of rotatable bonds is 3. The van der Waals surface area contributed by atoms with Crippen LogP contribution in [0.1, 0.15) is 29.2 Å². The van der Waals surface area contributed by atoms with E-state index in [9.17, 15) is 9.90 Å². The number of hydrogen-bond acceptors (Lipinski definition) is 3. The Kier molecular flexibility index (Phi) is 3.46. The number of carboxylic acids is 1. The van der Waals surface area contributed by atoms with Crippen molar-refractivity contribution in [3.8, 4) is 0 Å². The molecule has 0 radical (unpaired) electrons. The van der Waals surface area contributed by atoms with Crippen LogP contribution >= 0.6 is 11.8 Å². The molecule has 1 N–H and O–H groups in total. The summed E-state index contributed by atoms with van der Waals surface area (Å²) in [6.45, 7) is 0. The van der Waals surface area contributed by atoms with Crippen molar-refractivity contribution in [2.24, 2.45) is 5.92 Å². The average molecular weight is 276 g/mol. The van der Waals surface area contributed by atoms with Gasteiger partial charge in [-0.05, 0) is 42.4 Å². The summed E-state index contributed by atoms with van der Waals surface area (Å²) < 4.78 is 1.78. The van der Waals surface area contributed by atoms with E-state index in [0.29, 0.717) is 11.6 Å². The van der Waals surface area contributed by atoms with Gasteiger partial charge in [0.15, 0.2) is 0 Å². The van der Waals surface area contributed by atoms with Crippen LogP contribution in [-0.4, -0.2) is 32.0 Å². The Morgan fingerprint density at radius 3 is 2.95 bits per heavy atom. The van der Waals surface area contributed by atoms with Crippen LogP contribution in [-0.2, 0) is 6.42 Å². The molecule has 2 aromatic heterocycles. The second kappa shape index (κ2) is 5.25. The average Bonchev–Trinajstić information content (AvgIpc) is 2.83. The SMILES string of the molecule is O=C(O)c1cccc2cnc(CC3CCSCC3)n12. The van der Waals surface area contributed by atoms with Crippen molar-refractivity contribution in [3.63, 3.8) is 0 Å². The fourth-order valence-corrected chi connectivity index (χ4v) is 3.84. The van der Waals surface area contributed by atoms with Gasteiger partial charge in [-0.1, -0.05) is 6.07 Å². The number of imidazole rings is 1. The largest absolute Gasteiger partial charge is 0.477 e. The lowest BCUT2D eigenvalue weighted by molar-refractivity contribution is 0.0688. The molecule has 1 aliphatic rings. The van der Waals surface area contributed by atoms with E-state index >= 15 is 0 Å². The molecule has 0 aliphatic carbocycles. The van der Waals surface area contributed by atoms with E-state index in [4.69, 9.17) is 0 Å². The molecule has 3 rings (SSSR count). The molecule has 1 saturated heterocycles. The molecule has 4 nitrogen and oxygen atoms in total. The van der Waals surface area contributed by atoms with Gasteiger partial charge in [0, 0.05) is 6.42 Å².